The van der Waals surface area contributed by atoms with Crippen molar-refractivity contribution in [1.29, 1.82) is 0 Å². The maximum absolute atomic E-state index is 11.8. The molecule has 21 heavy (non-hydrogen) atoms. The fraction of sp³-hybridized carbons (Fsp3) is 0.500. The van der Waals surface area contributed by atoms with Crippen molar-refractivity contribution in [2.45, 2.75) is 24.3 Å². The molecule has 0 spiro atoms. The van der Waals surface area contributed by atoms with Crippen LogP contribution in [-0.2, 0) is 14.6 Å². The van der Waals surface area contributed by atoms with Gasteiger partial charge in [0.15, 0.2) is 9.84 Å². The van der Waals surface area contributed by atoms with Crippen molar-refractivity contribution < 1.29 is 17.9 Å². The number of ether oxygens (including phenoxy) is 1. The van der Waals surface area contributed by atoms with Gasteiger partial charge in [-0.3, -0.25) is 4.79 Å². The van der Waals surface area contributed by atoms with Gasteiger partial charge in [-0.05, 0) is 31.2 Å². The van der Waals surface area contributed by atoms with Crippen LogP contribution in [0.25, 0.3) is 0 Å². The summed E-state index contributed by atoms with van der Waals surface area (Å²) >= 11 is 0. The number of nitrogens with two attached hydrogens (primary N) is 1. The number of likely N-dealkylation sites (N-methyl/N-ethyl adjacent to an activating group) is 1. The minimum absolute atomic E-state index is 0.00783. The lowest BCUT2D eigenvalue weighted by molar-refractivity contribution is -0.132. The molecule has 0 fully saturated rings. The number of nitrogens with zero attached hydrogens (tertiary/aromatic N) is 1. The molecule has 0 heterocycles. The maximum atomic E-state index is 11.8. The maximum Gasteiger partial charge on any atom is 0.226 e. The first-order valence-corrected chi connectivity index (χ1v) is 8.53. The Morgan fingerprint density at radius 1 is 1.33 bits per heavy atom. The molecule has 1 amide bonds. The van der Waals surface area contributed by atoms with E-state index >= 15 is 0 Å². The SMILES string of the molecule is CC(CN)N(C)C(=O)CCOc1ccc(S(C)(=O)=O)cc1. The minimum Gasteiger partial charge on any atom is -0.493 e. The van der Waals surface area contributed by atoms with E-state index in [9.17, 15) is 13.2 Å². The summed E-state index contributed by atoms with van der Waals surface area (Å²) in [6.07, 6.45) is 1.39. The van der Waals surface area contributed by atoms with Crippen LogP contribution in [0.3, 0.4) is 0 Å². The molecule has 1 atom stereocenters. The van der Waals surface area contributed by atoms with Crippen LogP contribution in [0.1, 0.15) is 13.3 Å². The summed E-state index contributed by atoms with van der Waals surface area (Å²) in [5, 5.41) is 0. The highest BCUT2D eigenvalue weighted by Gasteiger charge is 2.14. The normalized spacial score (nSPS) is 12.8. The number of hydrogen-bond donors (Lipinski definition) is 1. The summed E-state index contributed by atoms with van der Waals surface area (Å²) in [4.78, 5) is 13.7. The summed E-state index contributed by atoms with van der Waals surface area (Å²) in [5.41, 5.74) is 5.51. The standard InChI is InChI=1S/C14H22N2O4S/c1-11(10-15)16(2)14(17)8-9-20-12-4-6-13(7-5-12)21(3,18)19/h4-7,11H,8-10,15H2,1-3H3. The van der Waals surface area contributed by atoms with Crippen LogP contribution in [-0.4, -0.2) is 51.7 Å². The Bertz CT molecular complexity index is 569. The Balaban J connectivity index is 2.48. The van der Waals surface area contributed by atoms with Crippen molar-refractivity contribution in [2.24, 2.45) is 5.73 Å². The molecule has 1 unspecified atom stereocenters. The van der Waals surface area contributed by atoms with Crippen molar-refractivity contribution in [3.8, 4) is 5.75 Å². The van der Waals surface area contributed by atoms with E-state index in [4.69, 9.17) is 10.5 Å². The monoisotopic (exact) mass is 314 g/mol. The molecule has 118 valence electrons. The number of benzene rings is 1. The van der Waals surface area contributed by atoms with Gasteiger partial charge < -0.3 is 15.4 Å². The van der Waals surface area contributed by atoms with E-state index < -0.39 is 9.84 Å². The highest BCUT2D eigenvalue weighted by Crippen LogP contribution is 2.16. The van der Waals surface area contributed by atoms with E-state index in [2.05, 4.69) is 0 Å². The van der Waals surface area contributed by atoms with Gasteiger partial charge in [-0.15, -0.1) is 0 Å². The molecular weight excluding hydrogens is 292 g/mol. The number of sulfone groups is 1. The Hall–Kier alpha value is -1.60. The van der Waals surface area contributed by atoms with Gasteiger partial charge >= 0.3 is 0 Å². The third-order valence-corrected chi connectivity index (χ3v) is 4.36. The van der Waals surface area contributed by atoms with Gasteiger partial charge in [-0.2, -0.15) is 0 Å². The molecule has 1 rings (SSSR count). The molecule has 0 aliphatic carbocycles. The first-order chi connectivity index (χ1) is 9.75. The highest BCUT2D eigenvalue weighted by molar-refractivity contribution is 7.90. The summed E-state index contributed by atoms with van der Waals surface area (Å²) in [6.45, 7) is 2.53. The zero-order valence-electron chi connectivity index (χ0n) is 12.6. The van der Waals surface area contributed by atoms with E-state index in [1.165, 1.54) is 12.1 Å². The van der Waals surface area contributed by atoms with Gasteiger partial charge in [0.2, 0.25) is 5.91 Å². The number of rotatable bonds is 7. The summed E-state index contributed by atoms with van der Waals surface area (Å²) in [5.74, 6) is 0.491. The summed E-state index contributed by atoms with van der Waals surface area (Å²) < 4.78 is 28.1. The molecular formula is C14H22N2O4S. The minimum atomic E-state index is -3.21. The Kier molecular flexibility index (Phi) is 6.17. The van der Waals surface area contributed by atoms with Crippen LogP contribution in [0.5, 0.6) is 5.75 Å². The lowest BCUT2D eigenvalue weighted by atomic mass is 10.2. The van der Waals surface area contributed by atoms with E-state index in [1.54, 1.807) is 24.1 Å². The predicted octanol–water partition coefficient (Wildman–Crippen LogP) is 0.665. The number of hydrogen-bond acceptors (Lipinski definition) is 5. The molecule has 0 saturated heterocycles. The van der Waals surface area contributed by atoms with Crippen molar-refractivity contribution in [3.63, 3.8) is 0 Å². The zero-order chi connectivity index (χ0) is 16.0. The molecule has 1 aromatic carbocycles. The average Bonchev–Trinajstić information content (AvgIpc) is 2.45. The second-order valence-electron chi connectivity index (χ2n) is 4.93. The largest absolute Gasteiger partial charge is 0.493 e. The average molecular weight is 314 g/mol. The topological polar surface area (TPSA) is 89.7 Å². The highest BCUT2D eigenvalue weighted by atomic mass is 32.2. The molecule has 0 aliphatic rings. The van der Waals surface area contributed by atoms with Crippen LogP contribution >= 0.6 is 0 Å². The summed E-state index contributed by atoms with van der Waals surface area (Å²) in [6, 6.07) is 6.11. The van der Waals surface area contributed by atoms with Gasteiger partial charge in [0.05, 0.1) is 17.9 Å². The fourth-order valence-electron chi connectivity index (χ4n) is 1.62. The van der Waals surface area contributed by atoms with Gasteiger partial charge in [0.1, 0.15) is 5.75 Å². The van der Waals surface area contributed by atoms with Crippen molar-refractivity contribution in [2.75, 3.05) is 26.5 Å². The van der Waals surface area contributed by atoms with Crippen LogP contribution in [0.2, 0.25) is 0 Å². The predicted molar refractivity (Wildman–Crippen MR) is 81.0 cm³/mol. The van der Waals surface area contributed by atoms with Gasteiger partial charge in [-0.25, -0.2) is 8.42 Å². The number of amides is 1. The Morgan fingerprint density at radius 2 is 1.90 bits per heavy atom. The molecule has 2 N–H and O–H groups in total. The second kappa shape index (κ2) is 7.42. The van der Waals surface area contributed by atoms with E-state index in [0.29, 0.717) is 12.3 Å². The molecule has 6 nitrogen and oxygen atoms in total. The molecule has 0 saturated carbocycles. The van der Waals surface area contributed by atoms with Crippen molar-refractivity contribution in [3.05, 3.63) is 24.3 Å². The number of carbonyl (C=O) groups is 1. The van der Waals surface area contributed by atoms with Crippen LogP contribution in [0.15, 0.2) is 29.2 Å². The van der Waals surface area contributed by atoms with Gasteiger partial charge in [-0.1, -0.05) is 0 Å². The number of carbonyl (C=O) groups excluding carboxylic acids is 1. The van der Waals surface area contributed by atoms with Crippen LogP contribution in [0.4, 0.5) is 0 Å². The van der Waals surface area contributed by atoms with Crippen LogP contribution in [0, 0.1) is 0 Å². The molecule has 7 heteroatoms. The van der Waals surface area contributed by atoms with E-state index in [0.717, 1.165) is 6.26 Å². The Labute approximate surface area is 125 Å². The lowest BCUT2D eigenvalue weighted by Crippen LogP contribution is -2.40. The molecule has 0 aromatic heterocycles. The molecule has 0 bridgehead atoms. The molecule has 0 radical (unpaired) electrons. The smallest absolute Gasteiger partial charge is 0.226 e. The van der Waals surface area contributed by atoms with E-state index in [-0.39, 0.29) is 29.9 Å². The first-order valence-electron chi connectivity index (χ1n) is 6.64. The van der Waals surface area contributed by atoms with Crippen molar-refractivity contribution in [1.82, 2.24) is 4.90 Å². The first kappa shape index (κ1) is 17.5. The quantitative estimate of drug-likeness (QED) is 0.798. The molecule has 0 aliphatic heterocycles. The van der Waals surface area contributed by atoms with Gasteiger partial charge in [0.25, 0.3) is 0 Å². The molecule has 1 aromatic rings. The Morgan fingerprint density at radius 3 is 2.38 bits per heavy atom. The van der Waals surface area contributed by atoms with E-state index in [1.807, 2.05) is 6.92 Å². The lowest BCUT2D eigenvalue weighted by Gasteiger charge is -2.23. The summed E-state index contributed by atoms with van der Waals surface area (Å²) in [7, 11) is -1.50. The zero-order valence-corrected chi connectivity index (χ0v) is 13.4. The second-order valence-corrected chi connectivity index (χ2v) is 6.95. The third-order valence-electron chi connectivity index (χ3n) is 3.23. The van der Waals surface area contributed by atoms with Crippen LogP contribution < -0.4 is 10.5 Å². The third kappa shape index (κ3) is 5.35. The fourth-order valence-corrected chi connectivity index (χ4v) is 2.25. The van der Waals surface area contributed by atoms with Gasteiger partial charge in [0, 0.05) is 25.9 Å². The van der Waals surface area contributed by atoms with Crippen molar-refractivity contribution >= 4 is 15.7 Å².